The summed E-state index contributed by atoms with van der Waals surface area (Å²) in [6.45, 7) is 1.88. The lowest BCUT2D eigenvalue weighted by atomic mass is 9.99. The number of carbonyl (C=O) groups is 3. The summed E-state index contributed by atoms with van der Waals surface area (Å²) in [4.78, 5) is 35.5. The van der Waals surface area contributed by atoms with Crippen molar-refractivity contribution in [3.05, 3.63) is 119 Å². The Hall–Kier alpha value is -4.48. The van der Waals surface area contributed by atoms with Crippen LogP contribution in [0, 0.1) is 0 Å². The average molecular weight is 697 g/mol. The normalized spacial score (nSPS) is 17.2. The first kappa shape index (κ1) is 36.8. The molecule has 2 amide bonds. The van der Waals surface area contributed by atoms with Gasteiger partial charge in [-0.15, -0.1) is 11.8 Å². The number of unbranched alkanes of at least 4 members (excludes halogenated alkanes) is 2. The Morgan fingerprint density at radius 3 is 2.24 bits per heavy atom. The summed E-state index contributed by atoms with van der Waals surface area (Å²) in [6.07, 6.45) is 2.22. The van der Waals surface area contributed by atoms with Gasteiger partial charge in [0.05, 0.1) is 18.8 Å². The Kier molecular flexibility index (Phi) is 13.6. The molecule has 0 spiro atoms. The van der Waals surface area contributed by atoms with Crippen molar-refractivity contribution < 1.29 is 34.1 Å². The third kappa shape index (κ3) is 11.3. The number of carbonyl (C=O) groups excluding carboxylic acids is 2. The van der Waals surface area contributed by atoms with Gasteiger partial charge in [-0.25, -0.2) is 0 Å². The molecule has 0 saturated carbocycles. The van der Waals surface area contributed by atoms with E-state index in [-0.39, 0.29) is 37.0 Å². The molecule has 50 heavy (non-hydrogen) atoms. The Morgan fingerprint density at radius 1 is 0.800 bits per heavy atom. The number of carboxylic acids is 1. The van der Waals surface area contributed by atoms with Crippen molar-refractivity contribution in [1.82, 2.24) is 5.32 Å². The van der Waals surface area contributed by atoms with Crippen molar-refractivity contribution >= 4 is 35.2 Å². The molecule has 3 atom stereocenters. The number of aliphatic hydroxyl groups is 1. The van der Waals surface area contributed by atoms with Gasteiger partial charge in [0.1, 0.15) is 0 Å². The summed E-state index contributed by atoms with van der Waals surface area (Å²) >= 11 is 1.69. The summed E-state index contributed by atoms with van der Waals surface area (Å²) in [5.41, 5.74) is 6.51. The predicted octanol–water partition coefficient (Wildman–Crippen LogP) is 7.79. The van der Waals surface area contributed by atoms with Gasteiger partial charge in [0.2, 0.25) is 11.8 Å². The van der Waals surface area contributed by atoms with Crippen LogP contribution in [-0.4, -0.2) is 39.9 Å². The van der Waals surface area contributed by atoms with Gasteiger partial charge in [0, 0.05) is 54.6 Å². The molecule has 1 aliphatic rings. The molecule has 1 fully saturated rings. The quantitative estimate of drug-likeness (QED) is 0.0689. The van der Waals surface area contributed by atoms with E-state index in [4.69, 9.17) is 14.6 Å². The van der Waals surface area contributed by atoms with Crippen LogP contribution in [0.3, 0.4) is 0 Å². The number of rotatable bonds is 16. The molecule has 4 N–H and O–H groups in total. The summed E-state index contributed by atoms with van der Waals surface area (Å²) in [5, 5.41) is 24.1. The minimum absolute atomic E-state index is 0.0198. The number of aliphatic hydroxyl groups excluding tert-OH is 1. The Morgan fingerprint density at radius 2 is 1.52 bits per heavy atom. The van der Waals surface area contributed by atoms with E-state index >= 15 is 0 Å². The smallest absolute Gasteiger partial charge is 0.303 e. The van der Waals surface area contributed by atoms with Gasteiger partial charge in [0.15, 0.2) is 6.29 Å². The third-order valence-corrected chi connectivity index (χ3v) is 9.57. The van der Waals surface area contributed by atoms with E-state index < -0.39 is 12.3 Å². The molecule has 0 aromatic heterocycles. The second-order valence-electron chi connectivity index (χ2n) is 12.4. The number of anilines is 1. The predicted molar refractivity (Wildman–Crippen MR) is 194 cm³/mol. The number of ether oxygens (including phenoxy) is 2. The second kappa shape index (κ2) is 18.5. The van der Waals surface area contributed by atoms with Crippen molar-refractivity contribution in [3.63, 3.8) is 0 Å². The molecule has 10 heteroatoms. The first-order valence-electron chi connectivity index (χ1n) is 16.9. The molecule has 0 bridgehead atoms. The van der Waals surface area contributed by atoms with Crippen molar-refractivity contribution in [2.75, 3.05) is 11.1 Å². The molecule has 5 rings (SSSR count). The van der Waals surface area contributed by atoms with Crippen LogP contribution in [0.5, 0.6) is 0 Å². The highest BCUT2D eigenvalue weighted by Gasteiger charge is 2.32. The minimum atomic E-state index is -0.809. The van der Waals surface area contributed by atoms with Crippen LogP contribution in [0.1, 0.15) is 80.1 Å². The van der Waals surface area contributed by atoms with Gasteiger partial charge >= 0.3 is 5.97 Å². The molecule has 1 aliphatic heterocycles. The molecule has 4 aromatic carbocycles. The number of hydrogen-bond donors (Lipinski definition) is 4. The van der Waals surface area contributed by atoms with Crippen molar-refractivity contribution in [3.8, 4) is 11.1 Å². The number of nitrogens with one attached hydrogen (secondary N) is 2. The van der Waals surface area contributed by atoms with Crippen LogP contribution >= 0.6 is 11.8 Å². The van der Waals surface area contributed by atoms with Gasteiger partial charge in [-0.1, -0.05) is 67.1 Å². The maximum atomic E-state index is 12.4. The van der Waals surface area contributed by atoms with Gasteiger partial charge < -0.3 is 30.3 Å². The molecule has 1 heterocycles. The average Bonchev–Trinajstić information content (AvgIpc) is 3.13. The standard InChI is InChI=1S/C40H44N2O7S/c1-27(44)42-34-17-19-36(20-18-34)50-26-35-23-37(30-15-13-28(25-43)14-16-30)49-40(48-35)33-10-6-9-32(22-33)31-8-5-7-29(21-31)24-41-38(45)11-3-2-4-12-39(46)47/h5-10,13-22,35,37,40,43H,2-4,11-12,23-26H2,1H3,(H,41,45)(H,42,44)(H,46,47). The van der Waals surface area contributed by atoms with E-state index in [9.17, 15) is 19.5 Å². The number of thioether (sulfide) groups is 1. The molecule has 1 saturated heterocycles. The maximum Gasteiger partial charge on any atom is 0.303 e. The van der Waals surface area contributed by atoms with E-state index in [2.05, 4.69) is 22.8 Å². The first-order valence-corrected chi connectivity index (χ1v) is 17.9. The fourth-order valence-corrected chi connectivity index (χ4v) is 6.72. The van der Waals surface area contributed by atoms with Crippen LogP contribution in [-0.2, 0) is 37.0 Å². The van der Waals surface area contributed by atoms with Gasteiger partial charge in [-0.05, 0) is 77.1 Å². The zero-order chi connectivity index (χ0) is 35.3. The summed E-state index contributed by atoms with van der Waals surface area (Å²) in [5.74, 6) is -0.254. The van der Waals surface area contributed by atoms with Gasteiger partial charge in [-0.2, -0.15) is 0 Å². The lowest BCUT2D eigenvalue weighted by Gasteiger charge is -2.36. The lowest BCUT2D eigenvalue weighted by Crippen LogP contribution is -2.31. The maximum absolute atomic E-state index is 12.4. The lowest BCUT2D eigenvalue weighted by molar-refractivity contribution is -0.245. The highest BCUT2D eigenvalue weighted by Crippen LogP contribution is 2.40. The van der Waals surface area contributed by atoms with E-state index in [0.29, 0.717) is 44.4 Å². The number of carboxylic acid groups (broad SMARTS) is 1. The molecule has 4 aromatic rings. The molecule has 9 nitrogen and oxygen atoms in total. The molecular formula is C40H44N2O7S. The molecular weight excluding hydrogens is 653 g/mol. The monoisotopic (exact) mass is 696 g/mol. The Balaban J connectivity index is 1.26. The van der Waals surface area contributed by atoms with Crippen molar-refractivity contribution in [1.29, 1.82) is 0 Å². The highest BCUT2D eigenvalue weighted by molar-refractivity contribution is 7.99. The molecule has 0 radical (unpaired) electrons. The molecule has 262 valence electrons. The van der Waals surface area contributed by atoms with E-state index in [1.807, 2.05) is 84.9 Å². The van der Waals surface area contributed by atoms with Crippen LogP contribution < -0.4 is 10.6 Å². The minimum Gasteiger partial charge on any atom is -0.481 e. The van der Waals surface area contributed by atoms with E-state index in [1.165, 1.54) is 6.92 Å². The van der Waals surface area contributed by atoms with Crippen LogP contribution in [0.25, 0.3) is 11.1 Å². The fourth-order valence-electron chi connectivity index (χ4n) is 5.80. The first-order chi connectivity index (χ1) is 24.2. The number of benzene rings is 4. The largest absolute Gasteiger partial charge is 0.481 e. The Labute approximate surface area is 297 Å². The number of aliphatic carboxylic acids is 1. The third-order valence-electron chi connectivity index (χ3n) is 8.43. The summed E-state index contributed by atoms with van der Waals surface area (Å²) in [7, 11) is 0. The topological polar surface area (TPSA) is 134 Å². The molecule has 0 aliphatic carbocycles. The fraction of sp³-hybridized carbons (Fsp3) is 0.325. The van der Waals surface area contributed by atoms with Gasteiger partial charge in [-0.3, -0.25) is 14.4 Å². The highest BCUT2D eigenvalue weighted by atomic mass is 32.2. The van der Waals surface area contributed by atoms with Crippen molar-refractivity contribution in [2.24, 2.45) is 0 Å². The second-order valence-corrected chi connectivity index (χ2v) is 13.5. The summed E-state index contributed by atoms with van der Waals surface area (Å²) in [6, 6.07) is 31.8. The summed E-state index contributed by atoms with van der Waals surface area (Å²) < 4.78 is 13.2. The SMILES string of the molecule is CC(=O)Nc1ccc(SCC2CC(c3ccc(CO)cc3)OC(c3cccc(-c4cccc(CNC(=O)CCCCCC(=O)O)c4)c3)O2)cc1. The van der Waals surface area contributed by atoms with E-state index in [1.54, 1.807) is 11.8 Å². The van der Waals surface area contributed by atoms with Gasteiger partial charge in [0.25, 0.3) is 0 Å². The van der Waals surface area contributed by atoms with Crippen LogP contribution in [0.15, 0.2) is 102 Å². The van der Waals surface area contributed by atoms with E-state index in [0.717, 1.165) is 44.0 Å². The molecule has 3 unspecified atom stereocenters. The number of hydrogen-bond acceptors (Lipinski definition) is 7. The van der Waals surface area contributed by atoms with Crippen LogP contribution in [0.2, 0.25) is 0 Å². The zero-order valence-corrected chi connectivity index (χ0v) is 29.0. The van der Waals surface area contributed by atoms with Crippen molar-refractivity contribution in [2.45, 2.75) is 82.0 Å². The number of amides is 2. The zero-order valence-electron chi connectivity index (χ0n) is 28.2. The van der Waals surface area contributed by atoms with Crippen LogP contribution in [0.4, 0.5) is 5.69 Å². The Bertz CT molecular complexity index is 1730.